The lowest BCUT2D eigenvalue weighted by atomic mass is 10.1. The number of carbonyl (C=O) groups is 3. The molecule has 168 valence electrons. The number of anilines is 2. The van der Waals surface area contributed by atoms with Gasteiger partial charge in [-0.05, 0) is 36.4 Å². The molecule has 0 aliphatic carbocycles. The number of nitrogens with one attached hydrogen (secondary N) is 3. The van der Waals surface area contributed by atoms with E-state index in [9.17, 15) is 19.2 Å². The quantitative estimate of drug-likeness (QED) is 0.242. The molecule has 0 bridgehead atoms. The van der Waals surface area contributed by atoms with Gasteiger partial charge in [0.25, 0.3) is 5.91 Å². The van der Waals surface area contributed by atoms with E-state index in [1.54, 1.807) is 60.7 Å². The molecule has 9 nitrogen and oxygen atoms in total. The van der Waals surface area contributed by atoms with Gasteiger partial charge >= 0.3 is 11.8 Å². The summed E-state index contributed by atoms with van der Waals surface area (Å²) in [6.07, 6.45) is 2.30. The predicted octanol–water partition coefficient (Wildman–Crippen LogP) is 3.13. The van der Waals surface area contributed by atoms with Gasteiger partial charge in [0.05, 0.1) is 28.4 Å². The van der Waals surface area contributed by atoms with Crippen molar-refractivity contribution in [3.05, 3.63) is 106 Å². The Morgan fingerprint density at radius 3 is 2.32 bits per heavy atom. The molecule has 0 spiro atoms. The van der Waals surface area contributed by atoms with Crippen molar-refractivity contribution in [3.8, 4) is 0 Å². The highest BCUT2D eigenvalue weighted by molar-refractivity contribution is 6.40. The van der Waals surface area contributed by atoms with E-state index in [-0.39, 0.29) is 22.2 Å². The van der Waals surface area contributed by atoms with E-state index >= 15 is 0 Å². The molecule has 34 heavy (non-hydrogen) atoms. The third-order valence-corrected chi connectivity index (χ3v) is 4.73. The van der Waals surface area contributed by atoms with E-state index in [4.69, 9.17) is 4.42 Å². The van der Waals surface area contributed by atoms with Crippen LogP contribution in [0.25, 0.3) is 11.0 Å². The van der Waals surface area contributed by atoms with E-state index in [2.05, 4.69) is 21.2 Å². The monoisotopic (exact) mass is 454 g/mol. The molecule has 1 heterocycles. The Hall–Kier alpha value is -5.05. The molecule has 0 unspecified atom stereocenters. The Morgan fingerprint density at radius 2 is 1.50 bits per heavy atom. The number of hydrazone groups is 1. The molecule has 3 N–H and O–H groups in total. The van der Waals surface area contributed by atoms with Crippen LogP contribution in [0.15, 0.2) is 99.4 Å². The van der Waals surface area contributed by atoms with Crippen molar-refractivity contribution < 1.29 is 18.8 Å². The molecular weight excluding hydrogens is 436 g/mol. The molecule has 4 aromatic rings. The van der Waals surface area contributed by atoms with Gasteiger partial charge in [0, 0.05) is 5.69 Å². The van der Waals surface area contributed by atoms with Gasteiger partial charge in [0.15, 0.2) is 0 Å². The van der Waals surface area contributed by atoms with E-state index in [0.717, 1.165) is 6.21 Å². The Kier molecular flexibility index (Phi) is 6.55. The van der Waals surface area contributed by atoms with Gasteiger partial charge in [-0.2, -0.15) is 5.10 Å². The molecule has 0 aliphatic heterocycles. The molecule has 3 amide bonds. The number of amides is 3. The smallest absolute Gasteiger partial charge is 0.329 e. The zero-order valence-corrected chi connectivity index (χ0v) is 17.6. The second-order valence-electron chi connectivity index (χ2n) is 7.04. The minimum Gasteiger partial charge on any atom is -0.463 e. The number of para-hydroxylation sites is 3. The standard InChI is InChI=1S/C25H18N4O5/c30-22-16(15-34-21-13-7-5-11-19(21)22)14-26-29-25(33)24(32)28-20-12-6-4-10-18(20)23(31)27-17-8-2-1-3-9-17/h1-15H,(H,27,31)(H,28,32)(H,29,33)/b26-14+. The number of nitrogens with zero attached hydrogens (tertiary/aromatic N) is 1. The molecule has 1 aromatic heterocycles. The molecule has 9 heteroatoms. The summed E-state index contributed by atoms with van der Waals surface area (Å²) in [5.41, 5.74) is 3.14. The minimum absolute atomic E-state index is 0.0994. The van der Waals surface area contributed by atoms with Crippen LogP contribution >= 0.6 is 0 Å². The van der Waals surface area contributed by atoms with Crippen molar-refractivity contribution in [2.45, 2.75) is 0 Å². The number of benzene rings is 3. The van der Waals surface area contributed by atoms with Crippen molar-refractivity contribution >= 4 is 46.3 Å². The first-order valence-electron chi connectivity index (χ1n) is 10.1. The summed E-state index contributed by atoms with van der Waals surface area (Å²) in [4.78, 5) is 49.5. The molecule has 4 rings (SSSR count). The second-order valence-corrected chi connectivity index (χ2v) is 7.04. The van der Waals surface area contributed by atoms with Crippen LogP contribution in [0.2, 0.25) is 0 Å². The average molecular weight is 454 g/mol. The number of carbonyl (C=O) groups excluding carboxylic acids is 3. The Balaban J connectivity index is 1.42. The van der Waals surface area contributed by atoms with Crippen LogP contribution < -0.4 is 21.5 Å². The van der Waals surface area contributed by atoms with Gasteiger partial charge in [-0.25, -0.2) is 5.43 Å². The fourth-order valence-corrected chi connectivity index (χ4v) is 3.08. The Morgan fingerprint density at radius 1 is 0.794 bits per heavy atom. The normalized spacial score (nSPS) is 10.7. The minimum atomic E-state index is -1.08. The van der Waals surface area contributed by atoms with Crippen LogP contribution in [-0.4, -0.2) is 23.9 Å². The van der Waals surface area contributed by atoms with Crippen molar-refractivity contribution in [1.82, 2.24) is 5.43 Å². The predicted molar refractivity (Wildman–Crippen MR) is 128 cm³/mol. The third-order valence-electron chi connectivity index (χ3n) is 4.73. The molecule has 0 fully saturated rings. The average Bonchev–Trinajstić information content (AvgIpc) is 2.86. The molecule has 0 radical (unpaired) electrons. The van der Waals surface area contributed by atoms with Crippen LogP contribution in [0.3, 0.4) is 0 Å². The van der Waals surface area contributed by atoms with Crippen molar-refractivity contribution in [2.24, 2.45) is 5.10 Å². The zero-order valence-electron chi connectivity index (χ0n) is 17.6. The maximum atomic E-state index is 12.6. The highest BCUT2D eigenvalue weighted by Gasteiger charge is 2.18. The molecule has 0 saturated carbocycles. The summed E-state index contributed by atoms with van der Waals surface area (Å²) in [6.45, 7) is 0. The number of hydrogen-bond donors (Lipinski definition) is 3. The van der Waals surface area contributed by atoms with Gasteiger partial charge in [0.1, 0.15) is 11.8 Å². The van der Waals surface area contributed by atoms with Crippen LogP contribution in [-0.2, 0) is 9.59 Å². The summed E-state index contributed by atoms with van der Waals surface area (Å²) in [5.74, 6) is -2.58. The largest absolute Gasteiger partial charge is 0.463 e. The van der Waals surface area contributed by atoms with E-state index < -0.39 is 17.7 Å². The Labute approximate surface area is 193 Å². The molecule has 0 aliphatic rings. The first-order valence-corrected chi connectivity index (χ1v) is 10.1. The number of hydrogen-bond acceptors (Lipinski definition) is 6. The van der Waals surface area contributed by atoms with Crippen LogP contribution in [0.4, 0.5) is 11.4 Å². The lowest BCUT2D eigenvalue weighted by Crippen LogP contribution is -2.33. The molecule has 0 saturated heterocycles. The maximum Gasteiger partial charge on any atom is 0.329 e. The molecule has 3 aromatic carbocycles. The number of fused-ring (bicyclic) bond motifs is 1. The fraction of sp³-hybridized carbons (Fsp3) is 0. The van der Waals surface area contributed by atoms with Crippen molar-refractivity contribution in [2.75, 3.05) is 10.6 Å². The molecular formula is C25H18N4O5. The summed E-state index contributed by atoms with van der Waals surface area (Å²) in [5, 5.41) is 9.14. The van der Waals surface area contributed by atoms with Crippen LogP contribution in [0.1, 0.15) is 15.9 Å². The third kappa shape index (κ3) is 5.05. The summed E-state index contributed by atoms with van der Waals surface area (Å²) >= 11 is 0. The number of rotatable bonds is 5. The first kappa shape index (κ1) is 22.2. The zero-order chi connectivity index (χ0) is 23.9. The van der Waals surface area contributed by atoms with Crippen LogP contribution in [0, 0.1) is 0 Å². The fourth-order valence-electron chi connectivity index (χ4n) is 3.08. The van der Waals surface area contributed by atoms with Gasteiger partial charge in [0.2, 0.25) is 5.43 Å². The highest BCUT2D eigenvalue weighted by atomic mass is 16.3. The van der Waals surface area contributed by atoms with E-state index in [1.807, 2.05) is 6.07 Å². The lowest BCUT2D eigenvalue weighted by Gasteiger charge is -2.11. The lowest BCUT2D eigenvalue weighted by molar-refractivity contribution is -0.136. The Bertz CT molecular complexity index is 1460. The maximum absolute atomic E-state index is 12.6. The van der Waals surface area contributed by atoms with Crippen molar-refractivity contribution in [1.29, 1.82) is 0 Å². The van der Waals surface area contributed by atoms with E-state index in [1.165, 1.54) is 18.4 Å². The highest BCUT2D eigenvalue weighted by Crippen LogP contribution is 2.17. The first-order chi connectivity index (χ1) is 16.5. The van der Waals surface area contributed by atoms with Gasteiger partial charge < -0.3 is 15.1 Å². The SMILES string of the molecule is O=C(N/N=C/c1coc2ccccc2c1=O)C(=O)Nc1ccccc1C(=O)Nc1ccccc1. The van der Waals surface area contributed by atoms with Gasteiger partial charge in [-0.15, -0.1) is 0 Å². The summed E-state index contributed by atoms with van der Waals surface area (Å²) in [7, 11) is 0. The second kappa shape index (κ2) is 10.0. The van der Waals surface area contributed by atoms with Gasteiger partial charge in [-0.1, -0.05) is 42.5 Å². The van der Waals surface area contributed by atoms with Crippen molar-refractivity contribution in [3.63, 3.8) is 0 Å². The van der Waals surface area contributed by atoms with Crippen LogP contribution in [0.5, 0.6) is 0 Å². The van der Waals surface area contributed by atoms with E-state index in [0.29, 0.717) is 16.7 Å². The van der Waals surface area contributed by atoms with Gasteiger partial charge in [-0.3, -0.25) is 19.2 Å². The molecule has 0 atom stereocenters. The summed E-state index contributed by atoms with van der Waals surface area (Å²) in [6, 6.07) is 21.8. The summed E-state index contributed by atoms with van der Waals surface area (Å²) < 4.78 is 5.36. The topological polar surface area (TPSA) is 130 Å².